The minimum Gasteiger partial charge on any atom is -0.398 e. The molecule has 2 N–H and O–H groups in total. The van der Waals surface area contributed by atoms with Gasteiger partial charge in [0.15, 0.2) is 0 Å². The molecule has 1 heterocycles. The van der Waals surface area contributed by atoms with Gasteiger partial charge in [0.25, 0.3) is 0 Å². The smallest absolute Gasteiger partial charge is 0.123 e. The van der Waals surface area contributed by atoms with Crippen LogP contribution in [0.3, 0.4) is 0 Å². The van der Waals surface area contributed by atoms with Gasteiger partial charge in [-0.05, 0) is 23.8 Å². The summed E-state index contributed by atoms with van der Waals surface area (Å²) in [4.78, 5) is 0. The van der Waals surface area contributed by atoms with Crippen LogP contribution in [-0.2, 0) is 6.54 Å². The molecular formula is C10H9ClFN3. The van der Waals surface area contributed by atoms with Gasteiger partial charge in [0.2, 0.25) is 0 Å². The topological polar surface area (TPSA) is 43.8 Å². The number of nitrogens with zero attached hydrogens (tertiary/aromatic N) is 2. The fourth-order valence-corrected chi connectivity index (χ4v) is 1.47. The lowest BCUT2D eigenvalue weighted by Gasteiger charge is -2.05. The predicted molar refractivity (Wildman–Crippen MR) is 57.2 cm³/mol. The summed E-state index contributed by atoms with van der Waals surface area (Å²) in [7, 11) is 0. The van der Waals surface area contributed by atoms with E-state index < -0.39 is 0 Å². The van der Waals surface area contributed by atoms with Gasteiger partial charge < -0.3 is 5.73 Å². The van der Waals surface area contributed by atoms with Gasteiger partial charge in [-0.2, -0.15) is 5.10 Å². The molecule has 0 unspecified atom stereocenters. The molecule has 0 atom stereocenters. The molecule has 0 bridgehead atoms. The van der Waals surface area contributed by atoms with Gasteiger partial charge in [0.1, 0.15) is 5.82 Å². The van der Waals surface area contributed by atoms with Crippen molar-refractivity contribution in [3.63, 3.8) is 0 Å². The third-order valence-corrected chi connectivity index (χ3v) is 2.23. The highest BCUT2D eigenvalue weighted by Crippen LogP contribution is 2.15. The third kappa shape index (κ3) is 2.27. The van der Waals surface area contributed by atoms with Crippen LogP contribution < -0.4 is 5.73 Å². The van der Waals surface area contributed by atoms with Gasteiger partial charge in [-0.25, -0.2) is 4.39 Å². The van der Waals surface area contributed by atoms with Crippen molar-refractivity contribution in [3.05, 3.63) is 47.0 Å². The van der Waals surface area contributed by atoms with Crippen LogP contribution >= 0.6 is 11.6 Å². The Morgan fingerprint density at radius 3 is 2.93 bits per heavy atom. The molecule has 78 valence electrons. The Labute approximate surface area is 91.3 Å². The van der Waals surface area contributed by atoms with Crippen LogP contribution in [0.1, 0.15) is 5.56 Å². The Hall–Kier alpha value is -1.55. The fraction of sp³-hybridized carbons (Fsp3) is 0.100. The molecule has 0 spiro atoms. The number of hydrogen-bond acceptors (Lipinski definition) is 2. The van der Waals surface area contributed by atoms with E-state index in [0.717, 1.165) is 0 Å². The highest BCUT2D eigenvalue weighted by atomic mass is 35.5. The van der Waals surface area contributed by atoms with E-state index in [0.29, 0.717) is 22.8 Å². The van der Waals surface area contributed by atoms with Crippen LogP contribution in [0.2, 0.25) is 5.02 Å². The standard InChI is InChI=1S/C10H9ClFN3/c11-8-4-14-15(6-8)5-7-3-9(12)1-2-10(7)13/h1-4,6H,5,13H2. The summed E-state index contributed by atoms with van der Waals surface area (Å²) in [5.41, 5.74) is 6.94. The molecule has 1 aromatic carbocycles. The molecule has 1 aromatic heterocycles. The van der Waals surface area contributed by atoms with Crippen LogP contribution in [0.25, 0.3) is 0 Å². The molecule has 0 saturated heterocycles. The van der Waals surface area contributed by atoms with E-state index in [4.69, 9.17) is 17.3 Å². The van der Waals surface area contributed by atoms with E-state index in [-0.39, 0.29) is 5.82 Å². The van der Waals surface area contributed by atoms with Crippen molar-refractivity contribution in [1.29, 1.82) is 0 Å². The molecule has 15 heavy (non-hydrogen) atoms. The highest BCUT2D eigenvalue weighted by molar-refractivity contribution is 6.30. The molecule has 0 aliphatic carbocycles. The van der Waals surface area contributed by atoms with Crippen molar-refractivity contribution < 1.29 is 4.39 Å². The average molecular weight is 226 g/mol. The second kappa shape index (κ2) is 3.90. The van der Waals surface area contributed by atoms with Crippen LogP contribution in [0, 0.1) is 5.82 Å². The summed E-state index contributed by atoms with van der Waals surface area (Å²) in [6, 6.07) is 4.26. The van der Waals surface area contributed by atoms with Crippen LogP contribution in [0.15, 0.2) is 30.6 Å². The van der Waals surface area contributed by atoms with Crippen LogP contribution in [0.5, 0.6) is 0 Å². The summed E-state index contributed by atoms with van der Waals surface area (Å²) in [5, 5.41) is 4.53. The number of benzene rings is 1. The number of nitrogen functional groups attached to an aromatic ring is 1. The minimum atomic E-state index is -0.308. The molecular weight excluding hydrogens is 217 g/mol. The molecule has 0 amide bonds. The largest absolute Gasteiger partial charge is 0.398 e. The second-order valence-electron chi connectivity index (χ2n) is 3.20. The molecule has 0 fully saturated rings. The summed E-state index contributed by atoms with van der Waals surface area (Å²) in [5.74, 6) is -0.308. The van der Waals surface area contributed by atoms with Gasteiger partial charge >= 0.3 is 0 Å². The maximum atomic E-state index is 12.9. The number of nitrogens with two attached hydrogens (primary N) is 1. The summed E-state index contributed by atoms with van der Waals surface area (Å²) < 4.78 is 14.5. The van der Waals surface area contributed by atoms with Crippen LogP contribution in [-0.4, -0.2) is 9.78 Å². The average Bonchev–Trinajstić information content (AvgIpc) is 2.58. The maximum absolute atomic E-state index is 12.9. The van der Waals surface area contributed by atoms with Crippen molar-refractivity contribution in [2.75, 3.05) is 5.73 Å². The van der Waals surface area contributed by atoms with Gasteiger partial charge in [-0.3, -0.25) is 4.68 Å². The van der Waals surface area contributed by atoms with E-state index in [9.17, 15) is 4.39 Å². The molecule has 2 aromatic rings. The van der Waals surface area contributed by atoms with Gasteiger partial charge in [0, 0.05) is 11.9 Å². The first-order valence-electron chi connectivity index (χ1n) is 4.37. The summed E-state index contributed by atoms with van der Waals surface area (Å²) >= 11 is 5.71. The number of halogens is 2. The normalized spacial score (nSPS) is 10.5. The van der Waals surface area contributed by atoms with Crippen molar-refractivity contribution in [2.24, 2.45) is 0 Å². The number of rotatable bonds is 2. The van der Waals surface area contributed by atoms with Gasteiger partial charge in [-0.1, -0.05) is 11.6 Å². The van der Waals surface area contributed by atoms with Gasteiger partial charge in [0.05, 0.1) is 17.8 Å². The lowest BCUT2D eigenvalue weighted by molar-refractivity contribution is 0.620. The lowest BCUT2D eigenvalue weighted by Crippen LogP contribution is -2.03. The van der Waals surface area contributed by atoms with Crippen molar-refractivity contribution in [3.8, 4) is 0 Å². The number of aromatic nitrogens is 2. The van der Waals surface area contributed by atoms with E-state index in [1.54, 1.807) is 10.9 Å². The lowest BCUT2D eigenvalue weighted by atomic mass is 10.2. The number of anilines is 1. The second-order valence-corrected chi connectivity index (χ2v) is 3.64. The highest BCUT2D eigenvalue weighted by Gasteiger charge is 2.03. The predicted octanol–water partition coefficient (Wildman–Crippen LogP) is 2.31. The van der Waals surface area contributed by atoms with Gasteiger partial charge in [-0.15, -0.1) is 0 Å². The Morgan fingerprint density at radius 2 is 2.27 bits per heavy atom. The fourth-order valence-electron chi connectivity index (χ4n) is 1.31. The van der Waals surface area contributed by atoms with E-state index in [1.807, 2.05) is 0 Å². The zero-order valence-electron chi connectivity index (χ0n) is 7.82. The minimum absolute atomic E-state index is 0.308. The molecule has 5 heteroatoms. The quantitative estimate of drug-likeness (QED) is 0.797. The van der Waals surface area contributed by atoms with Crippen molar-refractivity contribution in [1.82, 2.24) is 9.78 Å². The van der Waals surface area contributed by atoms with Crippen molar-refractivity contribution >= 4 is 17.3 Å². The van der Waals surface area contributed by atoms with Crippen LogP contribution in [0.4, 0.5) is 10.1 Å². The zero-order chi connectivity index (χ0) is 10.8. The first kappa shape index (κ1) is 9.98. The number of hydrogen-bond donors (Lipinski definition) is 1. The van der Waals surface area contributed by atoms with Crippen molar-refractivity contribution in [2.45, 2.75) is 6.54 Å². The van der Waals surface area contributed by atoms with E-state index in [1.165, 1.54) is 24.4 Å². The molecule has 3 nitrogen and oxygen atoms in total. The summed E-state index contributed by atoms with van der Waals surface area (Å²) in [6.45, 7) is 0.413. The Morgan fingerprint density at radius 1 is 1.47 bits per heavy atom. The Bertz CT molecular complexity index is 481. The first-order chi connectivity index (χ1) is 7.15. The van der Waals surface area contributed by atoms with E-state index >= 15 is 0 Å². The molecule has 0 aliphatic rings. The monoisotopic (exact) mass is 225 g/mol. The Balaban J connectivity index is 2.27. The first-order valence-corrected chi connectivity index (χ1v) is 4.75. The Kier molecular flexibility index (Phi) is 2.60. The molecule has 0 aliphatic heterocycles. The molecule has 0 radical (unpaired) electrons. The zero-order valence-corrected chi connectivity index (χ0v) is 8.58. The molecule has 2 rings (SSSR count). The third-order valence-electron chi connectivity index (χ3n) is 2.04. The SMILES string of the molecule is Nc1ccc(F)cc1Cn1cc(Cl)cn1. The maximum Gasteiger partial charge on any atom is 0.123 e. The van der Waals surface area contributed by atoms with E-state index in [2.05, 4.69) is 5.10 Å². The molecule has 0 saturated carbocycles. The summed E-state index contributed by atoms with van der Waals surface area (Å²) in [6.07, 6.45) is 3.18.